The average Bonchev–Trinajstić information content (AvgIpc) is 1.59. The van der Waals surface area contributed by atoms with E-state index in [4.69, 9.17) is 0 Å². The van der Waals surface area contributed by atoms with Crippen LogP contribution in [0, 0.1) is 0 Å². The quantitative estimate of drug-likeness (QED) is 0.385. The molecule has 56 valence electrons. The Morgan fingerprint density at radius 2 is 1.00 bits per heavy atom. The molecule has 0 aromatic rings. The van der Waals surface area contributed by atoms with Gasteiger partial charge in [0.25, 0.3) is 0 Å². The highest BCUT2D eigenvalue weighted by molar-refractivity contribution is 6.07. The second-order valence-electron chi connectivity index (χ2n) is 1.35. The molecule has 7 nitrogen and oxygen atoms in total. The Hall–Kier alpha value is -1.79. The molecule has 0 aliphatic carbocycles. The number of amides is 6. The molecular formula is C3H6N4O3. The fourth-order valence-corrected chi connectivity index (χ4v) is 0.326. The smallest absolute Gasteiger partial charge is 0.331 e. The first-order valence-corrected chi connectivity index (χ1v) is 2.15. The molecule has 10 heavy (non-hydrogen) atoms. The van der Waals surface area contributed by atoms with Gasteiger partial charge in [-0.1, -0.05) is 0 Å². The summed E-state index contributed by atoms with van der Waals surface area (Å²) in [4.78, 5) is 30.3. The van der Waals surface area contributed by atoms with Crippen molar-refractivity contribution in [1.82, 2.24) is 4.90 Å². The maximum atomic E-state index is 10.1. The van der Waals surface area contributed by atoms with Gasteiger partial charge in [-0.15, -0.1) is 0 Å². The highest BCUT2D eigenvalue weighted by Gasteiger charge is 2.20. The van der Waals surface area contributed by atoms with Crippen molar-refractivity contribution in [2.24, 2.45) is 17.2 Å². The zero-order valence-electron chi connectivity index (χ0n) is 4.90. The van der Waals surface area contributed by atoms with Gasteiger partial charge in [0.05, 0.1) is 0 Å². The fourth-order valence-electron chi connectivity index (χ4n) is 0.326. The lowest BCUT2D eigenvalue weighted by molar-refractivity contribution is 0.193. The summed E-state index contributed by atoms with van der Waals surface area (Å²) in [5.74, 6) is 0. The van der Waals surface area contributed by atoms with Crippen LogP contribution >= 0.6 is 0 Å². The number of hydrogen-bond donors (Lipinski definition) is 3. The van der Waals surface area contributed by atoms with Gasteiger partial charge >= 0.3 is 18.1 Å². The minimum atomic E-state index is -1.29. The minimum absolute atomic E-state index is 0.0833. The maximum Gasteiger partial charge on any atom is 0.331 e. The van der Waals surface area contributed by atoms with E-state index in [1.54, 1.807) is 0 Å². The van der Waals surface area contributed by atoms with Crippen molar-refractivity contribution >= 4 is 18.1 Å². The number of carbonyl (C=O) groups is 3. The van der Waals surface area contributed by atoms with Crippen LogP contribution in [0.3, 0.4) is 0 Å². The van der Waals surface area contributed by atoms with Gasteiger partial charge in [0.2, 0.25) is 0 Å². The first-order valence-electron chi connectivity index (χ1n) is 2.15. The van der Waals surface area contributed by atoms with E-state index in [1.807, 2.05) is 0 Å². The number of rotatable bonds is 0. The Morgan fingerprint density at radius 3 is 1.00 bits per heavy atom. The van der Waals surface area contributed by atoms with Crippen LogP contribution in [-0.2, 0) is 0 Å². The van der Waals surface area contributed by atoms with Gasteiger partial charge in [0, 0.05) is 0 Å². The van der Waals surface area contributed by atoms with Crippen molar-refractivity contribution in [2.45, 2.75) is 0 Å². The Morgan fingerprint density at radius 1 is 0.800 bits per heavy atom. The van der Waals surface area contributed by atoms with Crippen LogP contribution < -0.4 is 17.2 Å². The van der Waals surface area contributed by atoms with Crippen molar-refractivity contribution < 1.29 is 14.4 Å². The van der Waals surface area contributed by atoms with E-state index in [0.29, 0.717) is 0 Å². The fraction of sp³-hybridized carbons (Fsp3) is 0. The molecule has 0 rings (SSSR count). The summed E-state index contributed by atoms with van der Waals surface area (Å²) in [6.45, 7) is 0. The lowest BCUT2D eigenvalue weighted by Gasteiger charge is -2.08. The number of hydrogen-bond acceptors (Lipinski definition) is 3. The molecule has 0 aromatic carbocycles. The minimum Gasteiger partial charge on any atom is -0.351 e. The summed E-state index contributed by atoms with van der Waals surface area (Å²) in [7, 11) is 0. The molecule has 0 aliphatic heterocycles. The predicted molar refractivity (Wildman–Crippen MR) is 30.6 cm³/mol. The molecular weight excluding hydrogens is 140 g/mol. The standard InChI is InChI=1S/C3H6N4O3/c4-1(8)7(2(5)9)3(6)10/h(H2,4,8)(H2,5,9)(H2,6,10). The van der Waals surface area contributed by atoms with E-state index in [2.05, 4.69) is 17.2 Å². The van der Waals surface area contributed by atoms with Gasteiger partial charge in [-0.25, -0.2) is 14.4 Å². The van der Waals surface area contributed by atoms with Gasteiger partial charge in [0.15, 0.2) is 0 Å². The number of nitrogens with two attached hydrogens (primary N) is 3. The van der Waals surface area contributed by atoms with Crippen LogP contribution in [0.1, 0.15) is 0 Å². The highest BCUT2D eigenvalue weighted by atomic mass is 16.2. The van der Waals surface area contributed by atoms with E-state index in [9.17, 15) is 14.4 Å². The molecule has 6 amide bonds. The summed E-state index contributed by atoms with van der Waals surface area (Å²) in [5, 5.41) is 0. The van der Waals surface area contributed by atoms with E-state index < -0.39 is 18.1 Å². The first-order chi connectivity index (χ1) is 4.46. The SMILES string of the molecule is NC(=O)N(C(N)=O)C(N)=O. The van der Waals surface area contributed by atoms with Crippen molar-refractivity contribution in [2.75, 3.05) is 0 Å². The number of carbonyl (C=O) groups excluding carboxylic acids is 3. The van der Waals surface area contributed by atoms with Crippen LogP contribution in [0.25, 0.3) is 0 Å². The predicted octanol–water partition coefficient (Wildman–Crippen LogP) is -1.48. The molecule has 0 saturated heterocycles. The number of urea groups is 3. The van der Waals surface area contributed by atoms with Crippen LogP contribution in [0.15, 0.2) is 0 Å². The molecule has 6 N–H and O–H groups in total. The molecule has 7 heteroatoms. The zero-order valence-corrected chi connectivity index (χ0v) is 4.90. The Labute approximate surface area is 55.7 Å². The number of nitrogens with zero attached hydrogens (tertiary/aromatic N) is 1. The first kappa shape index (κ1) is 8.21. The number of imide groups is 3. The molecule has 0 saturated carbocycles. The summed E-state index contributed by atoms with van der Waals surface area (Å²) < 4.78 is 0. The number of primary amides is 3. The topological polar surface area (TPSA) is 133 Å². The van der Waals surface area contributed by atoms with Gasteiger partial charge in [-0.3, -0.25) is 0 Å². The van der Waals surface area contributed by atoms with E-state index in [0.717, 1.165) is 0 Å². The summed E-state index contributed by atoms with van der Waals surface area (Å²) >= 11 is 0. The van der Waals surface area contributed by atoms with E-state index in [-0.39, 0.29) is 4.90 Å². The highest BCUT2D eigenvalue weighted by Crippen LogP contribution is 1.84. The molecule has 0 bridgehead atoms. The van der Waals surface area contributed by atoms with Gasteiger partial charge in [-0.2, -0.15) is 4.90 Å². The molecule has 0 unspecified atom stereocenters. The Kier molecular flexibility index (Phi) is 2.19. The average molecular weight is 146 g/mol. The van der Waals surface area contributed by atoms with E-state index >= 15 is 0 Å². The summed E-state index contributed by atoms with van der Waals surface area (Å²) in [5.41, 5.74) is 13.6. The van der Waals surface area contributed by atoms with E-state index in [1.165, 1.54) is 0 Å². The summed E-state index contributed by atoms with van der Waals surface area (Å²) in [6, 6.07) is -3.88. The Bertz CT molecular complexity index is 155. The van der Waals surface area contributed by atoms with Crippen LogP contribution in [-0.4, -0.2) is 23.0 Å². The Balaban J connectivity index is 4.43. The van der Waals surface area contributed by atoms with Crippen molar-refractivity contribution in [3.05, 3.63) is 0 Å². The summed E-state index contributed by atoms with van der Waals surface area (Å²) in [6.07, 6.45) is 0. The molecule has 0 spiro atoms. The monoisotopic (exact) mass is 146 g/mol. The normalized spacial score (nSPS) is 8.40. The maximum absolute atomic E-state index is 10.1. The molecule has 0 aromatic heterocycles. The van der Waals surface area contributed by atoms with Crippen molar-refractivity contribution in [3.8, 4) is 0 Å². The largest absolute Gasteiger partial charge is 0.351 e. The second kappa shape index (κ2) is 2.67. The molecule has 0 radical (unpaired) electrons. The van der Waals surface area contributed by atoms with Gasteiger partial charge < -0.3 is 17.2 Å². The third-order valence-corrected chi connectivity index (χ3v) is 0.661. The lowest BCUT2D eigenvalue weighted by Crippen LogP contribution is -2.50. The zero-order chi connectivity index (χ0) is 8.31. The van der Waals surface area contributed by atoms with Crippen LogP contribution in [0.5, 0.6) is 0 Å². The lowest BCUT2D eigenvalue weighted by atomic mass is 10.7. The van der Waals surface area contributed by atoms with Gasteiger partial charge in [-0.05, 0) is 0 Å². The van der Waals surface area contributed by atoms with Crippen molar-refractivity contribution in [1.29, 1.82) is 0 Å². The van der Waals surface area contributed by atoms with Crippen molar-refractivity contribution in [3.63, 3.8) is 0 Å². The third kappa shape index (κ3) is 1.62. The third-order valence-electron chi connectivity index (χ3n) is 0.661. The van der Waals surface area contributed by atoms with Gasteiger partial charge in [0.1, 0.15) is 0 Å². The molecule has 0 heterocycles. The molecule has 0 aliphatic rings. The van der Waals surface area contributed by atoms with Crippen LogP contribution in [0.2, 0.25) is 0 Å². The second-order valence-corrected chi connectivity index (χ2v) is 1.35. The molecule has 0 atom stereocenters. The molecule has 0 fully saturated rings. The van der Waals surface area contributed by atoms with Crippen LogP contribution in [0.4, 0.5) is 14.4 Å².